The minimum Gasteiger partial charge on any atom is -0.489 e. The van der Waals surface area contributed by atoms with E-state index in [1.165, 1.54) is 12.1 Å². The smallest absolute Gasteiger partial charge is 0.374 e. The molecule has 0 fully saturated rings. The van der Waals surface area contributed by atoms with Crippen LogP contribution in [-0.4, -0.2) is 23.3 Å². The van der Waals surface area contributed by atoms with E-state index in [1.807, 2.05) is 30.3 Å². The lowest BCUT2D eigenvalue weighted by atomic mass is 10.0. The van der Waals surface area contributed by atoms with Gasteiger partial charge in [-0.2, -0.15) is 0 Å². The fourth-order valence-electron chi connectivity index (χ4n) is 2.37. The predicted octanol–water partition coefficient (Wildman–Crippen LogP) is 3.16. The highest BCUT2D eigenvalue weighted by Crippen LogP contribution is 2.29. The number of ether oxygens (including phenoxy) is 2. The normalized spacial score (nSPS) is 10.2. The van der Waals surface area contributed by atoms with Crippen molar-refractivity contribution in [3.8, 4) is 5.75 Å². The van der Waals surface area contributed by atoms with Crippen LogP contribution in [0.1, 0.15) is 23.6 Å². The van der Waals surface area contributed by atoms with Gasteiger partial charge < -0.3 is 9.47 Å². The molecule has 7 nitrogen and oxygen atoms in total. The quantitative estimate of drug-likeness (QED) is 0.312. The van der Waals surface area contributed by atoms with Gasteiger partial charge in [-0.05, 0) is 31.0 Å². The van der Waals surface area contributed by atoms with Gasteiger partial charge in [0.25, 0.3) is 5.69 Å². The minimum atomic E-state index is -1.01. The fraction of sp³-hybridized carbons (Fsp3) is 0.263. The third-order valence-electron chi connectivity index (χ3n) is 3.66. The summed E-state index contributed by atoms with van der Waals surface area (Å²) < 4.78 is 10.4. The van der Waals surface area contributed by atoms with E-state index in [-0.39, 0.29) is 24.5 Å². The summed E-state index contributed by atoms with van der Waals surface area (Å²) in [7, 11) is 0. The van der Waals surface area contributed by atoms with Gasteiger partial charge in [0.05, 0.1) is 11.5 Å². The van der Waals surface area contributed by atoms with E-state index in [4.69, 9.17) is 4.74 Å². The summed E-state index contributed by atoms with van der Waals surface area (Å²) in [5.74, 6) is -1.42. The van der Waals surface area contributed by atoms with Crippen LogP contribution in [0.15, 0.2) is 42.5 Å². The minimum absolute atomic E-state index is 0.0615. The molecule has 0 unspecified atom stereocenters. The standard InChI is InChI=1S/C19H19NO6/c1-3-25-19(22)17(21)10-15-11-18(13(2)9-16(15)20(23)24)26-12-14-7-5-4-6-8-14/h4-9,11H,3,10,12H2,1-2H3. The SMILES string of the molecule is CCOC(=O)C(=O)Cc1cc(OCc2ccccc2)c(C)cc1[N+](=O)[O-]. The lowest BCUT2D eigenvalue weighted by Gasteiger charge is -2.12. The molecule has 2 aromatic carbocycles. The van der Waals surface area contributed by atoms with Gasteiger partial charge in [0.2, 0.25) is 5.78 Å². The second kappa shape index (κ2) is 8.75. The van der Waals surface area contributed by atoms with Crippen LogP contribution in [0.25, 0.3) is 0 Å². The van der Waals surface area contributed by atoms with Crippen LogP contribution in [-0.2, 0) is 27.4 Å². The molecule has 7 heteroatoms. The van der Waals surface area contributed by atoms with Gasteiger partial charge in [-0.3, -0.25) is 14.9 Å². The first-order valence-electron chi connectivity index (χ1n) is 8.07. The zero-order valence-electron chi connectivity index (χ0n) is 14.6. The summed E-state index contributed by atoms with van der Waals surface area (Å²) in [6, 6.07) is 12.2. The molecule has 2 aromatic rings. The summed E-state index contributed by atoms with van der Waals surface area (Å²) in [4.78, 5) is 34.1. The van der Waals surface area contributed by atoms with Crippen molar-refractivity contribution in [1.29, 1.82) is 0 Å². The molecule has 0 aliphatic heterocycles. The molecule has 0 aliphatic rings. The molecule has 0 heterocycles. The summed E-state index contributed by atoms with van der Waals surface area (Å²) in [6.45, 7) is 3.61. The molecule has 0 bridgehead atoms. The van der Waals surface area contributed by atoms with E-state index in [0.29, 0.717) is 11.3 Å². The average Bonchev–Trinajstić information content (AvgIpc) is 2.62. The lowest BCUT2D eigenvalue weighted by molar-refractivity contribution is -0.385. The van der Waals surface area contributed by atoms with Crippen molar-refractivity contribution in [1.82, 2.24) is 0 Å². The second-order valence-electron chi connectivity index (χ2n) is 5.60. The maximum absolute atomic E-state index is 11.9. The Bertz CT molecular complexity index is 816. The number of Topliss-reactive ketones (excluding diaryl/α,β-unsaturated/α-hetero) is 1. The van der Waals surface area contributed by atoms with Gasteiger partial charge in [-0.15, -0.1) is 0 Å². The Morgan fingerprint density at radius 2 is 1.85 bits per heavy atom. The Balaban J connectivity index is 2.25. The monoisotopic (exact) mass is 357 g/mol. The summed E-state index contributed by atoms with van der Waals surface area (Å²) in [6.07, 6.45) is -0.420. The molecule has 0 radical (unpaired) electrons. The molecule has 0 amide bonds. The van der Waals surface area contributed by atoms with Crippen LogP contribution in [0.3, 0.4) is 0 Å². The second-order valence-corrected chi connectivity index (χ2v) is 5.60. The largest absolute Gasteiger partial charge is 0.489 e. The Kier molecular flexibility index (Phi) is 6.43. The predicted molar refractivity (Wildman–Crippen MR) is 94.0 cm³/mol. The molecule has 0 spiro atoms. The molecule has 0 saturated heterocycles. The molecule has 0 aromatic heterocycles. The van der Waals surface area contributed by atoms with Crippen LogP contribution in [0.2, 0.25) is 0 Å². The third-order valence-corrected chi connectivity index (χ3v) is 3.66. The van der Waals surface area contributed by atoms with Crippen LogP contribution in [0, 0.1) is 17.0 Å². The van der Waals surface area contributed by atoms with Gasteiger partial charge in [-0.1, -0.05) is 30.3 Å². The van der Waals surface area contributed by atoms with Gasteiger partial charge in [0, 0.05) is 18.1 Å². The van der Waals surface area contributed by atoms with E-state index in [9.17, 15) is 19.7 Å². The van der Waals surface area contributed by atoms with Gasteiger partial charge in [0.1, 0.15) is 12.4 Å². The number of aryl methyl sites for hydroxylation is 1. The number of hydrogen-bond acceptors (Lipinski definition) is 6. The summed E-state index contributed by atoms with van der Waals surface area (Å²) >= 11 is 0. The van der Waals surface area contributed by atoms with Gasteiger partial charge in [-0.25, -0.2) is 4.79 Å². The van der Waals surface area contributed by atoms with Crippen molar-refractivity contribution >= 4 is 17.4 Å². The molecule has 0 saturated carbocycles. The molecule has 0 aliphatic carbocycles. The van der Waals surface area contributed by atoms with E-state index in [2.05, 4.69) is 4.74 Å². The first-order valence-corrected chi connectivity index (χ1v) is 8.07. The lowest BCUT2D eigenvalue weighted by Crippen LogP contribution is -2.20. The van der Waals surface area contributed by atoms with E-state index in [1.54, 1.807) is 13.8 Å². The number of nitrogens with zero attached hydrogens (tertiary/aromatic N) is 1. The topological polar surface area (TPSA) is 95.7 Å². The fourth-order valence-corrected chi connectivity index (χ4v) is 2.37. The van der Waals surface area contributed by atoms with E-state index in [0.717, 1.165) is 5.56 Å². The number of nitro benzene ring substituents is 1. The zero-order chi connectivity index (χ0) is 19.1. The average molecular weight is 357 g/mol. The van der Waals surface area contributed by atoms with Crippen molar-refractivity contribution in [2.75, 3.05) is 6.61 Å². The summed E-state index contributed by atoms with van der Waals surface area (Å²) in [5, 5.41) is 11.3. The highest BCUT2D eigenvalue weighted by molar-refractivity contribution is 6.34. The zero-order valence-corrected chi connectivity index (χ0v) is 14.6. The first-order chi connectivity index (χ1) is 12.4. The molecule has 26 heavy (non-hydrogen) atoms. The Morgan fingerprint density at radius 3 is 2.46 bits per heavy atom. The maximum Gasteiger partial charge on any atom is 0.374 e. The van der Waals surface area contributed by atoms with Crippen LogP contribution >= 0.6 is 0 Å². The van der Waals surface area contributed by atoms with Gasteiger partial charge in [0.15, 0.2) is 0 Å². The van der Waals surface area contributed by atoms with Gasteiger partial charge >= 0.3 is 5.97 Å². The molecule has 0 N–H and O–H groups in total. The summed E-state index contributed by atoms with van der Waals surface area (Å²) in [5.41, 5.74) is 1.39. The van der Waals surface area contributed by atoms with Crippen LogP contribution in [0.5, 0.6) is 5.75 Å². The maximum atomic E-state index is 11.9. The number of carbonyl (C=O) groups excluding carboxylic acids is 2. The molecule has 136 valence electrons. The van der Waals surface area contributed by atoms with Crippen molar-refractivity contribution in [3.63, 3.8) is 0 Å². The Hall–Kier alpha value is -3.22. The van der Waals surface area contributed by atoms with Crippen molar-refractivity contribution < 1.29 is 24.0 Å². The van der Waals surface area contributed by atoms with Crippen molar-refractivity contribution in [2.24, 2.45) is 0 Å². The van der Waals surface area contributed by atoms with Crippen LogP contribution in [0.4, 0.5) is 5.69 Å². The number of nitro groups is 1. The van der Waals surface area contributed by atoms with E-state index < -0.39 is 23.1 Å². The van der Waals surface area contributed by atoms with Crippen molar-refractivity contribution in [2.45, 2.75) is 26.9 Å². The Morgan fingerprint density at radius 1 is 1.15 bits per heavy atom. The van der Waals surface area contributed by atoms with E-state index >= 15 is 0 Å². The number of carbonyl (C=O) groups is 2. The molecule has 2 rings (SSSR count). The first kappa shape index (κ1) is 19.1. The number of ketones is 1. The number of rotatable bonds is 8. The molecular weight excluding hydrogens is 338 g/mol. The van der Waals surface area contributed by atoms with Crippen LogP contribution < -0.4 is 4.74 Å². The highest BCUT2D eigenvalue weighted by atomic mass is 16.6. The molecular formula is C19H19NO6. The third kappa shape index (κ3) is 4.89. The Labute approximate surface area is 150 Å². The highest BCUT2D eigenvalue weighted by Gasteiger charge is 2.23. The number of benzene rings is 2. The van der Waals surface area contributed by atoms with Crippen molar-refractivity contribution in [3.05, 3.63) is 69.3 Å². The number of hydrogen-bond donors (Lipinski definition) is 0. The number of esters is 1. The molecule has 0 atom stereocenters.